The highest BCUT2D eigenvalue weighted by Gasteiger charge is 2.20. The first-order valence-corrected chi connectivity index (χ1v) is 6.78. The smallest absolute Gasteiger partial charge is 0.129 e. The lowest BCUT2D eigenvalue weighted by atomic mass is 10.0. The van der Waals surface area contributed by atoms with Crippen molar-refractivity contribution in [3.8, 4) is 0 Å². The van der Waals surface area contributed by atoms with Gasteiger partial charge in [0.05, 0.1) is 22.5 Å². The second-order valence-electron chi connectivity index (χ2n) is 4.56. The molecule has 0 aliphatic rings. The summed E-state index contributed by atoms with van der Waals surface area (Å²) in [4.78, 5) is 0. The molecule has 0 aliphatic heterocycles. The molecule has 0 saturated heterocycles. The highest BCUT2D eigenvalue weighted by molar-refractivity contribution is 6.31. The van der Waals surface area contributed by atoms with Gasteiger partial charge in [0, 0.05) is 24.1 Å². The van der Waals surface area contributed by atoms with E-state index >= 15 is 0 Å². The van der Waals surface area contributed by atoms with Gasteiger partial charge in [0.1, 0.15) is 5.82 Å². The third-order valence-corrected chi connectivity index (χ3v) is 3.92. The van der Waals surface area contributed by atoms with E-state index in [0.29, 0.717) is 22.0 Å². The first kappa shape index (κ1) is 15.3. The van der Waals surface area contributed by atoms with Gasteiger partial charge in [0.25, 0.3) is 0 Å². The van der Waals surface area contributed by atoms with Crippen molar-refractivity contribution in [1.29, 1.82) is 0 Å². The first-order chi connectivity index (χ1) is 9.43. The van der Waals surface area contributed by atoms with E-state index in [1.165, 1.54) is 6.07 Å². The number of aromatic nitrogens is 2. The number of benzene rings is 1. The maximum absolute atomic E-state index is 14.0. The molecule has 0 aliphatic carbocycles. The molecule has 0 fully saturated rings. The van der Waals surface area contributed by atoms with Crippen LogP contribution in [0, 0.1) is 12.7 Å². The average molecular weight is 317 g/mol. The summed E-state index contributed by atoms with van der Waals surface area (Å²) in [5.41, 5.74) is 4.57. The van der Waals surface area contributed by atoms with Crippen molar-refractivity contribution in [1.82, 2.24) is 15.2 Å². The molecule has 1 heterocycles. The third kappa shape index (κ3) is 2.96. The number of aryl methyl sites for hydroxylation is 2. The van der Waals surface area contributed by atoms with Crippen LogP contribution < -0.4 is 11.3 Å². The van der Waals surface area contributed by atoms with Gasteiger partial charge in [-0.1, -0.05) is 29.3 Å². The Hall–Kier alpha value is -1.14. The van der Waals surface area contributed by atoms with Gasteiger partial charge in [-0.05, 0) is 19.1 Å². The van der Waals surface area contributed by atoms with Gasteiger partial charge in [-0.2, -0.15) is 5.10 Å². The summed E-state index contributed by atoms with van der Waals surface area (Å²) in [5.74, 6) is 5.14. The van der Waals surface area contributed by atoms with Gasteiger partial charge in [-0.25, -0.2) is 4.39 Å². The Bertz CT molecular complexity index is 627. The van der Waals surface area contributed by atoms with Crippen molar-refractivity contribution < 1.29 is 4.39 Å². The number of hydrogen-bond donors (Lipinski definition) is 2. The number of halogens is 3. The fraction of sp³-hybridized carbons (Fsp3) is 0.308. The third-order valence-electron chi connectivity index (χ3n) is 3.20. The standard InChI is InChI=1S/C13H15Cl2FN4/c1-7-13(15)12(20(2)19-7)6-11(18-17)9-4-3-8(14)5-10(9)16/h3-5,11,18H,6,17H2,1-2H3. The first-order valence-electron chi connectivity index (χ1n) is 6.03. The predicted octanol–water partition coefficient (Wildman–Crippen LogP) is 2.92. The second kappa shape index (κ2) is 6.10. The summed E-state index contributed by atoms with van der Waals surface area (Å²) in [6, 6.07) is 4.08. The van der Waals surface area contributed by atoms with Gasteiger partial charge in [-0.3, -0.25) is 16.0 Å². The molecule has 3 N–H and O–H groups in total. The van der Waals surface area contributed by atoms with Gasteiger partial charge < -0.3 is 0 Å². The van der Waals surface area contributed by atoms with Crippen LogP contribution in [-0.4, -0.2) is 9.78 Å². The Morgan fingerprint density at radius 3 is 2.65 bits per heavy atom. The largest absolute Gasteiger partial charge is 0.271 e. The molecule has 108 valence electrons. The molecular weight excluding hydrogens is 302 g/mol. The van der Waals surface area contributed by atoms with Gasteiger partial charge >= 0.3 is 0 Å². The van der Waals surface area contributed by atoms with Crippen LogP contribution in [0.4, 0.5) is 4.39 Å². The Kier molecular flexibility index (Phi) is 4.65. The molecule has 1 aromatic heterocycles. The summed E-state index contributed by atoms with van der Waals surface area (Å²) < 4.78 is 15.6. The molecule has 0 saturated carbocycles. The van der Waals surface area contributed by atoms with E-state index in [9.17, 15) is 4.39 Å². The predicted molar refractivity (Wildman–Crippen MR) is 78.1 cm³/mol. The number of hydrazine groups is 1. The summed E-state index contributed by atoms with van der Waals surface area (Å²) in [6.45, 7) is 1.82. The van der Waals surface area contributed by atoms with Crippen LogP contribution in [0.5, 0.6) is 0 Å². The molecule has 4 nitrogen and oxygen atoms in total. The SMILES string of the molecule is Cc1nn(C)c(CC(NN)c2ccc(Cl)cc2F)c1Cl. The van der Waals surface area contributed by atoms with E-state index in [-0.39, 0.29) is 0 Å². The zero-order valence-corrected chi connectivity index (χ0v) is 12.6. The summed E-state index contributed by atoms with van der Waals surface area (Å²) in [5, 5.41) is 5.14. The highest BCUT2D eigenvalue weighted by Crippen LogP contribution is 2.27. The summed E-state index contributed by atoms with van der Waals surface area (Å²) in [6.07, 6.45) is 0.422. The molecule has 0 amide bonds. The molecule has 7 heteroatoms. The van der Waals surface area contributed by atoms with Crippen molar-refractivity contribution in [3.05, 3.63) is 51.0 Å². The monoisotopic (exact) mass is 316 g/mol. The molecule has 1 atom stereocenters. The van der Waals surface area contributed by atoms with Crippen LogP contribution in [0.2, 0.25) is 10.0 Å². The Labute approximate surface area is 126 Å². The number of nitrogens with one attached hydrogen (secondary N) is 1. The van der Waals surface area contributed by atoms with Gasteiger partial charge in [-0.15, -0.1) is 0 Å². The lowest BCUT2D eigenvalue weighted by Gasteiger charge is -2.17. The van der Waals surface area contributed by atoms with Crippen LogP contribution >= 0.6 is 23.2 Å². The molecule has 2 aromatic rings. The highest BCUT2D eigenvalue weighted by atomic mass is 35.5. The number of nitrogens with zero attached hydrogens (tertiary/aromatic N) is 2. The minimum atomic E-state index is -0.417. The molecule has 20 heavy (non-hydrogen) atoms. The number of rotatable bonds is 4. The van der Waals surface area contributed by atoms with Crippen molar-refractivity contribution in [3.63, 3.8) is 0 Å². The molecule has 0 spiro atoms. The normalized spacial score (nSPS) is 12.7. The van der Waals surface area contributed by atoms with E-state index < -0.39 is 11.9 Å². The maximum atomic E-state index is 14.0. The van der Waals surface area contributed by atoms with Gasteiger partial charge in [0.15, 0.2) is 0 Å². The minimum absolute atomic E-state index is 0.344. The Balaban J connectivity index is 2.33. The lowest BCUT2D eigenvalue weighted by molar-refractivity contribution is 0.497. The van der Waals surface area contributed by atoms with Crippen molar-refractivity contribution in [2.45, 2.75) is 19.4 Å². The Morgan fingerprint density at radius 2 is 2.15 bits per heavy atom. The number of nitrogens with two attached hydrogens (primary N) is 1. The minimum Gasteiger partial charge on any atom is -0.271 e. The van der Waals surface area contributed by atoms with Crippen LogP contribution in [0.25, 0.3) is 0 Å². The van der Waals surface area contributed by atoms with E-state index in [2.05, 4.69) is 10.5 Å². The average Bonchev–Trinajstić information content (AvgIpc) is 2.62. The van der Waals surface area contributed by atoms with E-state index in [0.717, 1.165) is 11.4 Å². The molecule has 2 rings (SSSR count). The topological polar surface area (TPSA) is 55.9 Å². The molecule has 1 unspecified atom stereocenters. The lowest BCUT2D eigenvalue weighted by Crippen LogP contribution is -2.30. The quantitative estimate of drug-likeness (QED) is 0.673. The van der Waals surface area contributed by atoms with Crippen LogP contribution in [-0.2, 0) is 13.5 Å². The maximum Gasteiger partial charge on any atom is 0.129 e. The number of hydrogen-bond acceptors (Lipinski definition) is 3. The summed E-state index contributed by atoms with van der Waals surface area (Å²) >= 11 is 12.0. The Morgan fingerprint density at radius 1 is 1.45 bits per heavy atom. The zero-order valence-electron chi connectivity index (χ0n) is 11.1. The molecular formula is C13H15Cl2FN4. The van der Waals surface area contributed by atoms with Crippen molar-refractivity contribution >= 4 is 23.2 Å². The molecule has 1 aromatic carbocycles. The van der Waals surface area contributed by atoms with Gasteiger partial charge in [0.2, 0.25) is 0 Å². The van der Waals surface area contributed by atoms with E-state index in [4.69, 9.17) is 29.0 Å². The fourth-order valence-corrected chi connectivity index (χ4v) is 2.53. The zero-order chi connectivity index (χ0) is 14.9. The van der Waals surface area contributed by atoms with Crippen molar-refractivity contribution in [2.24, 2.45) is 12.9 Å². The second-order valence-corrected chi connectivity index (χ2v) is 5.37. The van der Waals surface area contributed by atoms with Crippen LogP contribution in [0.15, 0.2) is 18.2 Å². The van der Waals surface area contributed by atoms with Crippen LogP contribution in [0.3, 0.4) is 0 Å². The molecule has 0 bridgehead atoms. The van der Waals surface area contributed by atoms with E-state index in [1.807, 2.05) is 6.92 Å². The fourth-order valence-electron chi connectivity index (χ4n) is 2.14. The van der Waals surface area contributed by atoms with Crippen molar-refractivity contribution in [2.75, 3.05) is 0 Å². The summed E-state index contributed by atoms with van der Waals surface area (Å²) in [7, 11) is 1.79. The van der Waals surface area contributed by atoms with E-state index in [1.54, 1.807) is 23.9 Å². The molecule has 0 radical (unpaired) electrons. The van der Waals surface area contributed by atoms with Crippen LogP contribution in [0.1, 0.15) is 23.0 Å².